The van der Waals surface area contributed by atoms with Crippen LogP contribution in [0.4, 0.5) is 0 Å². The van der Waals surface area contributed by atoms with Crippen LogP contribution in [0.5, 0.6) is 0 Å². The molecule has 0 aliphatic rings. The maximum Gasteiger partial charge on any atom is 0.147 e. The first-order chi connectivity index (χ1) is 5.74. The SMILES string of the molecule is CCCC(N=CC(C)=CN)OC. The number of nitrogens with zero attached hydrogens (tertiary/aromatic N) is 1. The topological polar surface area (TPSA) is 47.6 Å². The number of hydrogen-bond donors (Lipinski definition) is 1. The number of rotatable bonds is 5. The summed E-state index contributed by atoms with van der Waals surface area (Å²) in [7, 11) is 1.67. The highest BCUT2D eigenvalue weighted by Crippen LogP contribution is 2.01. The third-order valence-electron chi connectivity index (χ3n) is 1.52. The van der Waals surface area contributed by atoms with Gasteiger partial charge in [0, 0.05) is 13.3 Å². The van der Waals surface area contributed by atoms with Crippen LogP contribution in [0.25, 0.3) is 0 Å². The summed E-state index contributed by atoms with van der Waals surface area (Å²) in [6, 6.07) is 0. The average molecular weight is 170 g/mol. The van der Waals surface area contributed by atoms with Gasteiger partial charge in [-0.1, -0.05) is 13.3 Å². The van der Waals surface area contributed by atoms with E-state index >= 15 is 0 Å². The fraction of sp³-hybridized carbons (Fsp3) is 0.667. The number of ether oxygens (including phenoxy) is 1. The molecule has 0 fully saturated rings. The summed E-state index contributed by atoms with van der Waals surface area (Å²) >= 11 is 0. The first-order valence-electron chi connectivity index (χ1n) is 4.19. The Morgan fingerprint density at radius 3 is 2.75 bits per heavy atom. The van der Waals surface area contributed by atoms with E-state index in [1.54, 1.807) is 13.3 Å². The molecule has 0 radical (unpaired) electrons. The van der Waals surface area contributed by atoms with Gasteiger partial charge in [-0.3, -0.25) is 4.99 Å². The lowest BCUT2D eigenvalue weighted by Crippen LogP contribution is -2.06. The van der Waals surface area contributed by atoms with Crippen LogP contribution < -0.4 is 5.73 Å². The minimum Gasteiger partial charge on any atom is -0.404 e. The normalized spacial score (nSPS) is 15.4. The van der Waals surface area contributed by atoms with Gasteiger partial charge in [-0.25, -0.2) is 0 Å². The monoisotopic (exact) mass is 170 g/mol. The summed E-state index contributed by atoms with van der Waals surface area (Å²) < 4.78 is 5.12. The lowest BCUT2D eigenvalue weighted by atomic mass is 10.3. The van der Waals surface area contributed by atoms with Gasteiger partial charge in [0.2, 0.25) is 0 Å². The highest BCUT2D eigenvalue weighted by atomic mass is 16.5. The molecular formula is C9H18N2O. The molecule has 0 heterocycles. The van der Waals surface area contributed by atoms with Crippen molar-refractivity contribution in [3.63, 3.8) is 0 Å². The van der Waals surface area contributed by atoms with E-state index in [2.05, 4.69) is 11.9 Å². The highest BCUT2D eigenvalue weighted by Gasteiger charge is 1.99. The van der Waals surface area contributed by atoms with Crippen molar-refractivity contribution >= 4 is 6.21 Å². The van der Waals surface area contributed by atoms with Gasteiger partial charge in [-0.2, -0.15) is 0 Å². The minimum atomic E-state index is -0.0232. The predicted octanol–water partition coefficient (Wildman–Crippen LogP) is 1.69. The van der Waals surface area contributed by atoms with Gasteiger partial charge in [0.15, 0.2) is 0 Å². The Labute approximate surface area is 74.3 Å². The van der Waals surface area contributed by atoms with E-state index in [4.69, 9.17) is 10.5 Å². The largest absolute Gasteiger partial charge is 0.404 e. The lowest BCUT2D eigenvalue weighted by Gasteiger charge is -2.07. The van der Waals surface area contributed by atoms with Gasteiger partial charge in [-0.15, -0.1) is 0 Å². The molecule has 2 N–H and O–H groups in total. The van der Waals surface area contributed by atoms with Crippen molar-refractivity contribution in [3.8, 4) is 0 Å². The van der Waals surface area contributed by atoms with E-state index in [0.717, 1.165) is 18.4 Å². The fourth-order valence-electron chi connectivity index (χ4n) is 0.744. The second-order valence-corrected chi connectivity index (χ2v) is 2.67. The molecule has 0 bridgehead atoms. The van der Waals surface area contributed by atoms with Crippen LogP contribution in [0.15, 0.2) is 16.8 Å². The average Bonchev–Trinajstić information content (AvgIpc) is 2.11. The zero-order valence-electron chi connectivity index (χ0n) is 8.08. The number of nitrogens with two attached hydrogens (primary N) is 1. The molecule has 0 aliphatic carbocycles. The van der Waals surface area contributed by atoms with Gasteiger partial charge in [0.1, 0.15) is 6.23 Å². The Hall–Kier alpha value is -0.830. The summed E-state index contributed by atoms with van der Waals surface area (Å²) in [6.07, 6.45) is 5.27. The fourth-order valence-corrected chi connectivity index (χ4v) is 0.744. The number of hydrogen-bond acceptors (Lipinski definition) is 3. The molecule has 0 saturated carbocycles. The van der Waals surface area contributed by atoms with Gasteiger partial charge in [0.05, 0.1) is 0 Å². The molecule has 3 heteroatoms. The van der Waals surface area contributed by atoms with E-state index < -0.39 is 0 Å². The quantitative estimate of drug-likeness (QED) is 0.638. The molecule has 12 heavy (non-hydrogen) atoms. The van der Waals surface area contributed by atoms with Crippen molar-refractivity contribution in [2.24, 2.45) is 10.7 Å². The Morgan fingerprint density at radius 2 is 2.33 bits per heavy atom. The summed E-state index contributed by atoms with van der Waals surface area (Å²) in [5.74, 6) is 0. The van der Waals surface area contributed by atoms with Crippen molar-refractivity contribution in [1.82, 2.24) is 0 Å². The summed E-state index contributed by atoms with van der Waals surface area (Å²) in [5.41, 5.74) is 6.23. The molecule has 1 atom stereocenters. The van der Waals surface area contributed by atoms with Crippen LogP contribution in [0.2, 0.25) is 0 Å². The van der Waals surface area contributed by atoms with E-state index in [1.807, 2.05) is 6.92 Å². The third-order valence-corrected chi connectivity index (χ3v) is 1.52. The Bertz CT molecular complexity index is 164. The van der Waals surface area contributed by atoms with Crippen LogP contribution in [-0.2, 0) is 4.74 Å². The van der Waals surface area contributed by atoms with Crippen molar-refractivity contribution in [2.45, 2.75) is 32.9 Å². The molecular weight excluding hydrogens is 152 g/mol. The molecule has 0 amide bonds. The maximum absolute atomic E-state index is 5.28. The lowest BCUT2D eigenvalue weighted by molar-refractivity contribution is 0.103. The second kappa shape index (κ2) is 6.85. The molecule has 0 aromatic rings. The predicted molar refractivity (Wildman–Crippen MR) is 52.1 cm³/mol. The Kier molecular flexibility index (Phi) is 6.38. The van der Waals surface area contributed by atoms with Crippen molar-refractivity contribution in [1.29, 1.82) is 0 Å². The van der Waals surface area contributed by atoms with Crippen molar-refractivity contribution in [3.05, 3.63) is 11.8 Å². The standard InChI is InChI=1S/C9H18N2O/c1-4-5-9(12-3)11-7-8(2)6-10/h6-7,9H,4-5,10H2,1-3H3. The number of aliphatic imine (C=N–C) groups is 1. The first-order valence-corrected chi connectivity index (χ1v) is 4.19. The Balaban J connectivity index is 3.91. The molecule has 1 unspecified atom stereocenters. The zero-order valence-corrected chi connectivity index (χ0v) is 8.08. The highest BCUT2D eigenvalue weighted by molar-refractivity contribution is 5.77. The molecule has 0 rings (SSSR count). The summed E-state index contributed by atoms with van der Waals surface area (Å²) in [5, 5.41) is 0. The number of allylic oxidation sites excluding steroid dienone is 1. The van der Waals surface area contributed by atoms with Gasteiger partial charge >= 0.3 is 0 Å². The summed E-state index contributed by atoms with van der Waals surface area (Å²) in [4.78, 5) is 4.21. The van der Waals surface area contributed by atoms with E-state index in [0.29, 0.717) is 0 Å². The van der Waals surface area contributed by atoms with E-state index in [1.165, 1.54) is 6.20 Å². The van der Waals surface area contributed by atoms with Gasteiger partial charge in [-0.05, 0) is 25.1 Å². The molecule has 0 aliphatic heterocycles. The molecule has 0 aromatic carbocycles. The zero-order chi connectivity index (χ0) is 9.40. The first kappa shape index (κ1) is 11.2. The molecule has 0 spiro atoms. The smallest absolute Gasteiger partial charge is 0.147 e. The Morgan fingerprint density at radius 1 is 1.67 bits per heavy atom. The minimum absolute atomic E-state index is 0.0232. The van der Waals surface area contributed by atoms with Crippen molar-refractivity contribution in [2.75, 3.05) is 7.11 Å². The molecule has 3 nitrogen and oxygen atoms in total. The second-order valence-electron chi connectivity index (χ2n) is 2.67. The molecule has 70 valence electrons. The van der Waals surface area contributed by atoms with E-state index in [-0.39, 0.29) is 6.23 Å². The van der Waals surface area contributed by atoms with Crippen LogP contribution in [-0.4, -0.2) is 19.6 Å². The number of methoxy groups -OCH3 is 1. The maximum atomic E-state index is 5.28. The molecule has 0 saturated heterocycles. The van der Waals surface area contributed by atoms with Crippen LogP contribution in [0.3, 0.4) is 0 Å². The van der Waals surface area contributed by atoms with Gasteiger partial charge in [0.25, 0.3) is 0 Å². The van der Waals surface area contributed by atoms with Crippen molar-refractivity contribution < 1.29 is 4.74 Å². The van der Waals surface area contributed by atoms with Gasteiger partial charge < -0.3 is 10.5 Å². The van der Waals surface area contributed by atoms with Crippen LogP contribution in [0, 0.1) is 0 Å². The van der Waals surface area contributed by atoms with Crippen LogP contribution in [0.1, 0.15) is 26.7 Å². The molecule has 0 aromatic heterocycles. The van der Waals surface area contributed by atoms with E-state index in [9.17, 15) is 0 Å². The van der Waals surface area contributed by atoms with Crippen LogP contribution >= 0.6 is 0 Å². The summed E-state index contributed by atoms with van der Waals surface area (Å²) in [6.45, 7) is 4.01. The third kappa shape index (κ3) is 4.91.